The molecule has 2 atom stereocenters. The van der Waals surface area contributed by atoms with Crippen molar-refractivity contribution < 1.29 is 22.3 Å². The first kappa shape index (κ1) is 20.3. The number of nitrogens with one attached hydrogen (secondary N) is 3. The van der Waals surface area contributed by atoms with E-state index in [4.69, 9.17) is 4.74 Å². The lowest BCUT2D eigenvalue weighted by Crippen LogP contribution is -2.36. The number of hydrogen-bond donors (Lipinski definition) is 3. The summed E-state index contributed by atoms with van der Waals surface area (Å²) in [5, 5.41) is 13.1. The van der Waals surface area contributed by atoms with Crippen LogP contribution in [0.1, 0.15) is 61.8 Å². The average Bonchev–Trinajstić information content (AvgIpc) is 3.08. The fraction of sp³-hybridized carbons (Fsp3) is 0.524. The van der Waals surface area contributed by atoms with Crippen molar-refractivity contribution >= 4 is 27.4 Å². The molecule has 2 saturated carbocycles. The van der Waals surface area contributed by atoms with Crippen LogP contribution in [0, 0.1) is 5.82 Å². The third kappa shape index (κ3) is 4.26. The summed E-state index contributed by atoms with van der Waals surface area (Å²) in [6.07, 6.45) is 3.83. The number of alkyl carbamates (subject to hydrolysis) is 1. The van der Waals surface area contributed by atoms with Crippen LogP contribution in [-0.2, 0) is 26.1 Å². The Balaban J connectivity index is 1.21. The molecule has 1 aromatic carbocycles. The van der Waals surface area contributed by atoms with E-state index in [9.17, 15) is 17.6 Å². The van der Waals surface area contributed by atoms with Gasteiger partial charge < -0.3 is 15.4 Å². The third-order valence-corrected chi connectivity index (χ3v) is 7.92. The second-order valence-electron chi connectivity index (χ2n) is 9.15. The molecule has 3 aliphatic rings. The van der Waals surface area contributed by atoms with Crippen LogP contribution in [0.2, 0.25) is 0 Å². The Morgan fingerprint density at radius 1 is 1.29 bits per heavy atom. The number of aromatic nitrogens is 2. The smallest absolute Gasteiger partial charge is 0.407 e. The van der Waals surface area contributed by atoms with E-state index in [0.717, 1.165) is 31.4 Å². The molecule has 0 radical (unpaired) electrons. The zero-order valence-electron chi connectivity index (χ0n) is 17.2. The van der Waals surface area contributed by atoms with Gasteiger partial charge in [-0.05, 0) is 50.7 Å². The largest absolute Gasteiger partial charge is 0.446 e. The van der Waals surface area contributed by atoms with Gasteiger partial charge in [-0.1, -0.05) is 6.07 Å². The summed E-state index contributed by atoms with van der Waals surface area (Å²) in [6.45, 7) is 2.01. The van der Waals surface area contributed by atoms with Gasteiger partial charge in [-0.15, -0.1) is 0 Å². The quantitative estimate of drug-likeness (QED) is 0.644. The van der Waals surface area contributed by atoms with Gasteiger partial charge in [-0.3, -0.25) is 5.10 Å². The van der Waals surface area contributed by atoms with Crippen molar-refractivity contribution in [2.75, 3.05) is 5.32 Å². The molecule has 0 unspecified atom stereocenters. The molecular formula is C21H25FN4O4S. The molecule has 166 valence electrons. The lowest BCUT2D eigenvalue weighted by atomic mass is 10.0. The SMILES string of the molecule is CC1(NC(=O)O[C@H]2CC[C@@H](c3cc(Nc4ccc5c(c4F)CS(=O)(=O)C5)n[nH]3)C2)CC1. The second-order valence-corrected chi connectivity index (χ2v) is 11.2. The lowest BCUT2D eigenvalue weighted by molar-refractivity contribution is 0.0967. The first-order chi connectivity index (χ1) is 14.7. The molecule has 0 spiro atoms. The standard InChI is InChI=1S/C21H25FN4O4S/c1-21(6-7-21)24-20(27)30-14-4-2-12(8-14)17-9-18(26-25-17)23-16-5-3-13-10-31(28,29)11-15(13)19(16)22/h3,5,9,12,14H,2,4,6-8,10-11H2,1H3,(H,24,27)(H2,23,25,26)/t12-,14+/m1/s1. The summed E-state index contributed by atoms with van der Waals surface area (Å²) in [4.78, 5) is 12.0. The summed E-state index contributed by atoms with van der Waals surface area (Å²) in [5.41, 5.74) is 1.74. The van der Waals surface area contributed by atoms with Crippen molar-refractivity contribution in [1.29, 1.82) is 0 Å². The van der Waals surface area contributed by atoms with E-state index >= 15 is 0 Å². The van der Waals surface area contributed by atoms with Gasteiger partial charge in [0.1, 0.15) is 6.10 Å². The highest BCUT2D eigenvalue weighted by Crippen LogP contribution is 2.38. The molecule has 10 heteroatoms. The first-order valence-corrected chi connectivity index (χ1v) is 12.3. The Morgan fingerprint density at radius 3 is 2.87 bits per heavy atom. The van der Waals surface area contributed by atoms with E-state index in [1.54, 1.807) is 12.1 Å². The number of carbonyl (C=O) groups excluding carboxylic acids is 1. The number of nitrogens with zero attached hydrogens (tertiary/aromatic N) is 1. The number of amides is 1. The molecule has 2 aliphatic carbocycles. The first-order valence-electron chi connectivity index (χ1n) is 10.5. The molecule has 31 heavy (non-hydrogen) atoms. The van der Waals surface area contributed by atoms with Crippen LogP contribution in [-0.4, -0.2) is 36.4 Å². The number of fused-ring (bicyclic) bond motifs is 1. The Labute approximate surface area is 179 Å². The maximum atomic E-state index is 14.8. The molecule has 8 nitrogen and oxygen atoms in total. The van der Waals surface area contributed by atoms with Gasteiger partial charge in [0, 0.05) is 28.8 Å². The van der Waals surface area contributed by atoms with E-state index in [2.05, 4.69) is 20.8 Å². The van der Waals surface area contributed by atoms with E-state index in [0.29, 0.717) is 17.8 Å². The fourth-order valence-corrected chi connectivity index (χ4v) is 5.97. The Morgan fingerprint density at radius 2 is 2.10 bits per heavy atom. The van der Waals surface area contributed by atoms with Gasteiger partial charge in [0.2, 0.25) is 0 Å². The minimum Gasteiger partial charge on any atom is -0.446 e. The number of halogens is 1. The van der Waals surface area contributed by atoms with Gasteiger partial charge in [-0.25, -0.2) is 17.6 Å². The molecule has 2 heterocycles. The van der Waals surface area contributed by atoms with Crippen LogP contribution < -0.4 is 10.6 Å². The van der Waals surface area contributed by atoms with Crippen molar-refractivity contribution in [3.05, 3.63) is 40.8 Å². The zero-order chi connectivity index (χ0) is 21.8. The van der Waals surface area contributed by atoms with Crippen molar-refractivity contribution in [2.24, 2.45) is 0 Å². The Hall–Kier alpha value is -2.62. The van der Waals surface area contributed by atoms with Gasteiger partial charge in [-0.2, -0.15) is 5.10 Å². The van der Waals surface area contributed by atoms with Gasteiger partial charge >= 0.3 is 6.09 Å². The van der Waals surface area contributed by atoms with E-state index in [-0.39, 0.29) is 46.4 Å². The summed E-state index contributed by atoms with van der Waals surface area (Å²) in [6, 6.07) is 5.01. The third-order valence-electron chi connectivity index (χ3n) is 6.44. The molecule has 1 amide bonds. The number of ether oxygens (including phenoxy) is 1. The van der Waals surface area contributed by atoms with E-state index in [1.807, 2.05) is 13.0 Å². The highest BCUT2D eigenvalue weighted by Gasteiger charge is 2.40. The van der Waals surface area contributed by atoms with Crippen LogP contribution in [0.3, 0.4) is 0 Å². The highest BCUT2D eigenvalue weighted by atomic mass is 32.2. The summed E-state index contributed by atoms with van der Waals surface area (Å²) >= 11 is 0. The summed E-state index contributed by atoms with van der Waals surface area (Å²) < 4.78 is 43.9. The zero-order valence-corrected chi connectivity index (χ0v) is 18.0. The maximum absolute atomic E-state index is 14.8. The predicted octanol–water partition coefficient (Wildman–Crippen LogP) is 3.64. The van der Waals surface area contributed by atoms with Gasteiger partial charge in [0.05, 0.1) is 17.2 Å². The van der Waals surface area contributed by atoms with Gasteiger partial charge in [0.15, 0.2) is 21.5 Å². The van der Waals surface area contributed by atoms with Crippen LogP contribution in [0.4, 0.5) is 20.7 Å². The number of H-pyrrole nitrogens is 1. The average molecular weight is 449 g/mol. The van der Waals surface area contributed by atoms with Crippen molar-refractivity contribution in [3.63, 3.8) is 0 Å². The van der Waals surface area contributed by atoms with Crippen molar-refractivity contribution in [3.8, 4) is 0 Å². The fourth-order valence-electron chi connectivity index (χ4n) is 4.37. The molecule has 0 saturated heterocycles. The molecule has 3 N–H and O–H groups in total. The minimum absolute atomic E-state index is 0.101. The Kier molecular flexibility index (Phi) is 4.72. The number of rotatable bonds is 5. The summed E-state index contributed by atoms with van der Waals surface area (Å²) in [5.74, 6) is -0.307. The summed E-state index contributed by atoms with van der Waals surface area (Å²) in [7, 11) is -3.28. The lowest BCUT2D eigenvalue weighted by Gasteiger charge is -2.16. The molecule has 2 aromatic rings. The topological polar surface area (TPSA) is 113 Å². The molecule has 2 fully saturated rings. The monoisotopic (exact) mass is 448 g/mol. The molecule has 1 aromatic heterocycles. The second kappa shape index (κ2) is 7.22. The molecule has 0 bridgehead atoms. The van der Waals surface area contributed by atoms with Crippen LogP contribution in [0.25, 0.3) is 0 Å². The normalized spacial score (nSPS) is 25.1. The number of carbonyl (C=O) groups is 1. The number of anilines is 2. The number of benzene rings is 1. The van der Waals surface area contributed by atoms with Crippen LogP contribution in [0.15, 0.2) is 18.2 Å². The molecule has 1 aliphatic heterocycles. The Bertz CT molecular complexity index is 1140. The molecular weight excluding hydrogens is 423 g/mol. The van der Waals surface area contributed by atoms with E-state index < -0.39 is 15.7 Å². The maximum Gasteiger partial charge on any atom is 0.407 e. The highest BCUT2D eigenvalue weighted by molar-refractivity contribution is 7.90. The number of sulfone groups is 1. The van der Waals surface area contributed by atoms with E-state index in [1.165, 1.54) is 0 Å². The number of hydrogen-bond acceptors (Lipinski definition) is 6. The minimum atomic E-state index is -3.28. The van der Waals surface area contributed by atoms with Crippen LogP contribution >= 0.6 is 0 Å². The number of aromatic amines is 1. The predicted molar refractivity (Wildman–Crippen MR) is 112 cm³/mol. The van der Waals surface area contributed by atoms with Crippen molar-refractivity contribution in [2.45, 2.75) is 68.1 Å². The van der Waals surface area contributed by atoms with Gasteiger partial charge in [0.25, 0.3) is 0 Å². The van der Waals surface area contributed by atoms with Crippen LogP contribution in [0.5, 0.6) is 0 Å². The van der Waals surface area contributed by atoms with Crippen molar-refractivity contribution in [1.82, 2.24) is 15.5 Å². The molecule has 5 rings (SSSR count).